The predicted octanol–water partition coefficient (Wildman–Crippen LogP) is 2.13. The van der Waals surface area contributed by atoms with Crippen LogP contribution in [0.5, 0.6) is 0 Å². The zero-order chi connectivity index (χ0) is 14.9. The number of rotatable bonds is 3. The maximum Gasteiger partial charge on any atom is 0.165 e. The van der Waals surface area contributed by atoms with Crippen LogP contribution in [0.25, 0.3) is 0 Å². The van der Waals surface area contributed by atoms with Crippen molar-refractivity contribution < 1.29 is 15.3 Å². The molecular formula is C16H16N2O3. The minimum absolute atomic E-state index is 0.253. The monoisotopic (exact) mass is 284 g/mol. The van der Waals surface area contributed by atoms with Crippen LogP contribution in [0.4, 0.5) is 5.69 Å². The van der Waals surface area contributed by atoms with E-state index in [0.717, 1.165) is 16.8 Å². The summed E-state index contributed by atoms with van der Waals surface area (Å²) < 4.78 is 0. The van der Waals surface area contributed by atoms with Crippen molar-refractivity contribution in [3.63, 3.8) is 0 Å². The first-order valence-corrected chi connectivity index (χ1v) is 6.73. The van der Waals surface area contributed by atoms with Crippen LogP contribution >= 0.6 is 0 Å². The predicted molar refractivity (Wildman–Crippen MR) is 78.3 cm³/mol. The Labute approximate surface area is 122 Å². The fraction of sp³-hybridized carbons (Fsp3) is 0.188. The van der Waals surface area contributed by atoms with Crippen molar-refractivity contribution in [2.75, 3.05) is 0 Å². The van der Waals surface area contributed by atoms with E-state index in [0.29, 0.717) is 6.42 Å². The van der Waals surface area contributed by atoms with Crippen LogP contribution in [-0.2, 0) is 10.4 Å². The first-order valence-electron chi connectivity index (χ1n) is 6.73. The fourth-order valence-electron chi connectivity index (χ4n) is 2.47. The third-order valence-corrected chi connectivity index (χ3v) is 3.69. The first-order chi connectivity index (χ1) is 10.1. The number of oxime groups is 1. The highest BCUT2D eigenvalue weighted by molar-refractivity contribution is 6.02. The molecule has 1 heterocycles. The lowest BCUT2D eigenvalue weighted by Crippen LogP contribution is -2.99. The average Bonchev–Trinajstić information content (AvgIpc) is 2.92. The molecule has 2 atom stereocenters. The maximum absolute atomic E-state index is 11.0. The Balaban J connectivity index is 1.85. The van der Waals surface area contributed by atoms with Crippen LogP contribution < -0.4 is 5.23 Å². The van der Waals surface area contributed by atoms with Gasteiger partial charge in [0.2, 0.25) is 0 Å². The van der Waals surface area contributed by atoms with E-state index < -0.39 is 10.8 Å². The van der Waals surface area contributed by atoms with Gasteiger partial charge in [0.25, 0.3) is 0 Å². The van der Waals surface area contributed by atoms with Gasteiger partial charge in [0.15, 0.2) is 11.3 Å². The Morgan fingerprint density at radius 1 is 1.19 bits per heavy atom. The molecule has 0 saturated heterocycles. The molecule has 0 bridgehead atoms. The number of hydrogen-bond acceptors (Lipinski definition) is 4. The Morgan fingerprint density at radius 3 is 2.67 bits per heavy atom. The van der Waals surface area contributed by atoms with Crippen LogP contribution in [0, 0.1) is 5.21 Å². The van der Waals surface area contributed by atoms with Crippen molar-refractivity contribution in [1.82, 2.24) is 0 Å². The highest BCUT2D eigenvalue weighted by Gasteiger charge is 2.36. The smallest absolute Gasteiger partial charge is 0.165 e. The number of quaternary nitrogens is 1. The fourth-order valence-corrected chi connectivity index (χ4v) is 2.47. The molecule has 108 valence electrons. The molecule has 0 fully saturated rings. The molecule has 2 aromatic rings. The lowest BCUT2D eigenvalue weighted by molar-refractivity contribution is -0.991. The van der Waals surface area contributed by atoms with Crippen LogP contribution in [0.15, 0.2) is 59.8 Å². The largest absolute Gasteiger partial charge is 0.595 e. The van der Waals surface area contributed by atoms with Crippen molar-refractivity contribution >= 4 is 11.4 Å². The Hall–Kier alpha value is -2.21. The summed E-state index contributed by atoms with van der Waals surface area (Å²) in [5.74, 6) is 0. The van der Waals surface area contributed by atoms with Crippen molar-refractivity contribution in [2.24, 2.45) is 5.16 Å². The maximum atomic E-state index is 11.0. The molecule has 1 aliphatic heterocycles. The zero-order valence-electron chi connectivity index (χ0n) is 11.6. The van der Waals surface area contributed by atoms with Gasteiger partial charge in [-0.2, -0.15) is 5.23 Å². The molecule has 0 aromatic heterocycles. The molecule has 0 aliphatic carbocycles. The molecule has 5 nitrogen and oxygen atoms in total. The molecule has 2 unspecified atom stereocenters. The number of hydrogen-bond donors (Lipinski definition) is 2. The topological polar surface area (TPSA) is 69.3 Å². The van der Waals surface area contributed by atoms with Gasteiger partial charge in [0, 0.05) is 24.1 Å². The van der Waals surface area contributed by atoms with Gasteiger partial charge in [-0.1, -0.05) is 47.6 Å². The van der Waals surface area contributed by atoms with Gasteiger partial charge in [-0.25, -0.2) is 5.21 Å². The van der Waals surface area contributed by atoms with Crippen LogP contribution in [0.1, 0.15) is 24.5 Å². The molecule has 0 radical (unpaired) electrons. The summed E-state index contributed by atoms with van der Waals surface area (Å²) in [4.78, 5) is 5.63. The van der Waals surface area contributed by atoms with E-state index in [-0.39, 0.29) is 5.69 Å². The van der Waals surface area contributed by atoms with E-state index in [1.807, 2.05) is 43.3 Å². The quantitative estimate of drug-likeness (QED) is 0.848. The average molecular weight is 284 g/mol. The summed E-state index contributed by atoms with van der Waals surface area (Å²) in [5, 5.41) is 23.3. The summed E-state index contributed by atoms with van der Waals surface area (Å²) in [6.07, 6.45) is 0.611. The van der Waals surface area contributed by atoms with Crippen LogP contribution in [0.3, 0.4) is 0 Å². The van der Waals surface area contributed by atoms with E-state index in [2.05, 4.69) is 5.16 Å². The second kappa shape index (κ2) is 5.29. The molecule has 2 aromatic carbocycles. The molecule has 0 saturated carbocycles. The lowest BCUT2D eigenvalue weighted by atomic mass is 9.89. The summed E-state index contributed by atoms with van der Waals surface area (Å²) in [6, 6.07) is 16.7. The van der Waals surface area contributed by atoms with Gasteiger partial charge in [-0.05, 0) is 12.5 Å². The van der Waals surface area contributed by atoms with Crippen molar-refractivity contribution in [3.05, 3.63) is 70.9 Å². The van der Waals surface area contributed by atoms with Gasteiger partial charge in [0.05, 0.1) is 5.71 Å². The molecule has 5 heteroatoms. The minimum atomic E-state index is -0.942. The first kappa shape index (κ1) is 13.8. The second-order valence-corrected chi connectivity index (χ2v) is 5.29. The van der Waals surface area contributed by atoms with Gasteiger partial charge < -0.3 is 10.0 Å². The van der Waals surface area contributed by atoms with Gasteiger partial charge in [0.1, 0.15) is 0 Å². The Bertz CT molecular complexity index is 670. The number of nitrogens with one attached hydrogen (secondary N) is 1. The lowest BCUT2D eigenvalue weighted by Gasteiger charge is -2.21. The third kappa shape index (κ3) is 2.67. The van der Waals surface area contributed by atoms with Crippen molar-refractivity contribution in [3.8, 4) is 0 Å². The highest BCUT2D eigenvalue weighted by Crippen LogP contribution is 2.35. The van der Waals surface area contributed by atoms with E-state index in [1.54, 1.807) is 18.2 Å². The molecular weight excluding hydrogens is 268 g/mol. The molecule has 21 heavy (non-hydrogen) atoms. The standard InChI is InChI=1S/C16H16N2O3/c1-16(13-7-3-2-4-8-13)11-15(17-21-16)12-6-5-9-14(10-12)18(19)20/h2-10,18-19H,11H2,1H3. The van der Waals surface area contributed by atoms with E-state index in [1.165, 1.54) is 0 Å². The number of benzene rings is 2. The Kier molecular flexibility index (Phi) is 3.47. The molecule has 3 rings (SSSR count). The van der Waals surface area contributed by atoms with E-state index in [9.17, 15) is 5.21 Å². The van der Waals surface area contributed by atoms with Gasteiger partial charge >= 0.3 is 0 Å². The number of nitrogens with zero attached hydrogens (tertiary/aromatic N) is 1. The van der Waals surface area contributed by atoms with Gasteiger partial charge in [-0.15, -0.1) is 0 Å². The van der Waals surface area contributed by atoms with E-state index >= 15 is 0 Å². The Morgan fingerprint density at radius 2 is 1.95 bits per heavy atom. The molecule has 0 spiro atoms. The molecule has 0 amide bonds. The van der Waals surface area contributed by atoms with Crippen molar-refractivity contribution in [2.45, 2.75) is 18.9 Å². The second-order valence-electron chi connectivity index (χ2n) is 5.29. The van der Waals surface area contributed by atoms with Crippen LogP contribution in [-0.4, -0.2) is 10.9 Å². The molecule has 1 aliphatic rings. The van der Waals surface area contributed by atoms with Crippen molar-refractivity contribution in [1.29, 1.82) is 0 Å². The zero-order valence-corrected chi connectivity index (χ0v) is 11.6. The molecule has 2 N–H and O–H groups in total. The summed E-state index contributed by atoms with van der Waals surface area (Å²) in [5.41, 5.74) is 2.36. The summed E-state index contributed by atoms with van der Waals surface area (Å²) in [6.45, 7) is 1.99. The summed E-state index contributed by atoms with van der Waals surface area (Å²) >= 11 is 0. The SMILES string of the molecule is CC1(c2ccccc2)CC(c2cccc([NH+]([O-])O)c2)=NO1. The highest BCUT2D eigenvalue weighted by atomic mass is 16.8. The van der Waals surface area contributed by atoms with E-state index in [4.69, 9.17) is 10.0 Å². The van der Waals surface area contributed by atoms with Gasteiger partial charge in [-0.3, -0.25) is 0 Å². The summed E-state index contributed by atoms with van der Waals surface area (Å²) in [7, 11) is 0. The normalized spacial score (nSPS) is 22.5. The third-order valence-electron chi connectivity index (χ3n) is 3.69. The minimum Gasteiger partial charge on any atom is -0.595 e. The van der Waals surface area contributed by atoms with Crippen LogP contribution in [0.2, 0.25) is 0 Å².